The second-order valence-corrected chi connectivity index (χ2v) is 4.92. The van der Waals surface area contributed by atoms with Gasteiger partial charge >= 0.3 is 5.97 Å². The summed E-state index contributed by atoms with van der Waals surface area (Å²) < 4.78 is 1.40. The average Bonchev–Trinajstić information content (AvgIpc) is 2.82. The Morgan fingerprint density at radius 3 is 2.76 bits per heavy atom. The molecule has 1 aliphatic carbocycles. The number of benzene rings is 1. The van der Waals surface area contributed by atoms with E-state index in [0.717, 1.165) is 19.3 Å². The fourth-order valence-corrected chi connectivity index (χ4v) is 2.27. The van der Waals surface area contributed by atoms with Crippen LogP contribution in [0.5, 0.6) is 0 Å². The maximum atomic E-state index is 11.1. The molecule has 0 atom stereocenters. The average molecular weight is 288 g/mol. The van der Waals surface area contributed by atoms with Gasteiger partial charge in [-0.1, -0.05) is 12.5 Å². The Bertz CT molecular complexity index is 721. The summed E-state index contributed by atoms with van der Waals surface area (Å²) in [6.07, 6.45) is 2.91. The van der Waals surface area contributed by atoms with Crippen LogP contribution in [0.25, 0.3) is 5.69 Å². The Morgan fingerprint density at radius 2 is 2.19 bits per heavy atom. The first kappa shape index (κ1) is 13.2. The van der Waals surface area contributed by atoms with E-state index in [9.17, 15) is 14.9 Å². The molecule has 108 valence electrons. The summed E-state index contributed by atoms with van der Waals surface area (Å²) in [5.41, 5.74) is 0.380. The molecule has 0 saturated heterocycles. The Balaban J connectivity index is 2.09. The monoisotopic (exact) mass is 288 g/mol. The van der Waals surface area contributed by atoms with Crippen LogP contribution in [0.15, 0.2) is 24.3 Å². The van der Waals surface area contributed by atoms with Crippen LogP contribution in [0.3, 0.4) is 0 Å². The molecule has 1 N–H and O–H groups in total. The van der Waals surface area contributed by atoms with Gasteiger partial charge in [-0.2, -0.15) is 0 Å². The minimum absolute atomic E-state index is 0.0700. The van der Waals surface area contributed by atoms with Crippen molar-refractivity contribution in [1.29, 1.82) is 0 Å². The van der Waals surface area contributed by atoms with Gasteiger partial charge in [-0.15, -0.1) is 5.10 Å². The van der Waals surface area contributed by atoms with Crippen LogP contribution in [0.2, 0.25) is 0 Å². The predicted octanol–water partition coefficient (Wildman–Crippen LogP) is 2.14. The lowest BCUT2D eigenvalue weighted by Crippen LogP contribution is -2.15. The van der Waals surface area contributed by atoms with E-state index < -0.39 is 10.9 Å². The first-order valence-electron chi connectivity index (χ1n) is 6.51. The van der Waals surface area contributed by atoms with Gasteiger partial charge in [0.1, 0.15) is 5.82 Å². The molecule has 1 aromatic heterocycles. The number of rotatable bonds is 4. The van der Waals surface area contributed by atoms with E-state index in [1.807, 2.05) is 0 Å². The smallest absolute Gasteiger partial charge is 0.375 e. The zero-order chi connectivity index (χ0) is 15.0. The minimum atomic E-state index is -1.21. The topological polar surface area (TPSA) is 111 Å². The van der Waals surface area contributed by atoms with Crippen molar-refractivity contribution in [3.05, 3.63) is 46.0 Å². The van der Waals surface area contributed by atoms with E-state index >= 15 is 0 Å². The third kappa shape index (κ3) is 2.35. The van der Waals surface area contributed by atoms with Gasteiger partial charge in [-0.3, -0.25) is 10.1 Å². The van der Waals surface area contributed by atoms with Crippen LogP contribution >= 0.6 is 0 Å². The molecule has 1 heterocycles. The molecular weight excluding hydrogens is 276 g/mol. The standard InChI is InChI=1S/C13H12N4O4/c18-13(19)11-14-12(8-3-1-4-8)16(15-11)9-5-2-6-10(7-9)17(20)21/h2,5-8H,1,3-4H2,(H,18,19). The number of nitrogens with zero attached hydrogens (tertiary/aromatic N) is 4. The van der Waals surface area contributed by atoms with Gasteiger partial charge in [0.25, 0.3) is 11.5 Å². The number of nitro groups is 1. The van der Waals surface area contributed by atoms with Crippen molar-refractivity contribution in [3.63, 3.8) is 0 Å². The Hall–Kier alpha value is -2.77. The number of aromatic nitrogens is 3. The van der Waals surface area contributed by atoms with Crippen LogP contribution in [0.4, 0.5) is 5.69 Å². The van der Waals surface area contributed by atoms with E-state index in [-0.39, 0.29) is 17.4 Å². The summed E-state index contributed by atoms with van der Waals surface area (Å²) in [5.74, 6) is -0.785. The number of aromatic carboxylic acids is 1. The summed E-state index contributed by atoms with van der Waals surface area (Å²) in [6.45, 7) is 0. The zero-order valence-corrected chi connectivity index (χ0v) is 11.0. The van der Waals surface area contributed by atoms with Crippen molar-refractivity contribution >= 4 is 11.7 Å². The molecule has 8 heteroatoms. The van der Waals surface area contributed by atoms with Gasteiger partial charge in [0, 0.05) is 18.1 Å². The summed E-state index contributed by atoms with van der Waals surface area (Å²) in [7, 11) is 0. The van der Waals surface area contributed by atoms with E-state index in [4.69, 9.17) is 5.11 Å². The molecule has 3 rings (SSSR count). The number of non-ortho nitro benzene ring substituents is 1. The fraction of sp³-hybridized carbons (Fsp3) is 0.308. The van der Waals surface area contributed by atoms with Gasteiger partial charge in [0.15, 0.2) is 0 Å². The molecule has 0 bridgehead atoms. The molecule has 1 saturated carbocycles. The quantitative estimate of drug-likeness (QED) is 0.681. The van der Waals surface area contributed by atoms with Gasteiger partial charge < -0.3 is 5.11 Å². The molecule has 0 unspecified atom stereocenters. The van der Waals surface area contributed by atoms with Crippen molar-refractivity contribution in [2.45, 2.75) is 25.2 Å². The zero-order valence-electron chi connectivity index (χ0n) is 11.0. The van der Waals surface area contributed by atoms with Crippen molar-refractivity contribution in [1.82, 2.24) is 14.8 Å². The van der Waals surface area contributed by atoms with Gasteiger partial charge in [0.05, 0.1) is 10.6 Å². The lowest BCUT2D eigenvalue weighted by molar-refractivity contribution is -0.384. The Labute approximate surface area is 119 Å². The number of carboxylic acid groups (broad SMARTS) is 1. The molecule has 0 radical (unpaired) electrons. The summed E-state index contributed by atoms with van der Waals surface area (Å²) >= 11 is 0. The van der Waals surface area contributed by atoms with Crippen molar-refractivity contribution in [2.24, 2.45) is 0 Å². The van der Waals surface area contributed by atoms with Crippen LogP contribution in [-0.2, 0) is 0 Å². The number of carbonyl (C=O) groups is 1. The Morgan fingerprint density at radius 1 is 1.43 bits per heavy atom. The van der Waals surface area contributed by atoms with E-state index in [1.165, 1.54) is 16.8 Å². The molecule has 1 aromatic carbocycles. The molecular formula is C13H12N4O4. The van der Waals surface area contributed by atoms with Crippen LogP contribution in [-0.4, -0.2) is 30.8 Å². The molecule has 21 heavy (non-hydrogen) atoms. The largest absolute Gasteiger partial charge is 0.475 e. The predicted molar refractivity (Wildman–Crippen MR) is 71.6 cm³/mol. The fourth-order valence-electron chi connectivity index (χ4n) is 2.27. The Kier molecular flexibility index (Phi) is 3.13. The van der Waals surface area contributed by atoms with E-state index in [0.29, 0.717) is 11.5 Å². The first-order valence-corrected chi connectivity index (χ1v) is 6.51. The first-order chi connectivity index (χ1) is 10.1. The van der Waals surface area contributed by atoms with Crippen molar-refractivity contribution in [3.8, 4) is 5.69 Å². The van der Waals surface area contributed by atoms with Gasteiger partial charge in [-0.25, -0.2) is 14.5 Å². The third-order valence-corrected chi connectivity index (χ3v) is 3.58. The van der Waals surface area contributed by atoms with Gasteiger partial charge in [0.2, 0.25) is 0 Å². The SMILES string of the molecule is O=C(O)c1nc(C2CCC2)n(-c2cccc([N+](=O)[O-])c2)n1. The maximum absolute atomic E-state index is 11.1. The molecule has 1 aliphatic rings. The van der Waals surface area contributed by atoms with Crippen LogP contribution < -0.4 is 0 Å². The van der Waals surface area contributed by atoms with E-state index in [1.54, 1.807) is 12.1 Å². The summed E-state index contributed by atoms with van der Waals surface area (Å²) in [5, 5.41) is 23.9. The normalized spacial score (nSPS) is 14.7. The van der Waals surface area contributed by atoms with Crippen LogP contribution in [0.1, 0.15) is 41.6 Å². The van der Waals surface area contributed by atoms with Gasteiger partial charge in [-0.05, 0) is 18.9 Å². The highest BCUT2D eigenvalue weighted by molar-refractivity contribution is 5.83. The highest BCUT2D eigenvalue weighted by atomic mass is 16.6. The number of carboxylic acids is 1. The lowest BCUT2D eigenvalue weighted by Gasteiger charge is -2.24. The molecule has 0 spiro atoms. The number of nitro benzene ring substituents is 1. The number of hydrogen-bond acceptors (Lipinski definition) is 5. The molecule has 1 fully saturated rings. The molecule has 2 aromatic rings. The van der Waals surface area contributed by atoms with Crippen molar-refractivity contribution in [2.75, 3.05) is 0 Å². The molecule has 0 amide bonds. The highest BCUT2D eigenvalue weighted by Gasteiger charge is 2.28. The molecule has 8 nitrogen and oxygen atoms in total. The third-order valence-electron chi connectivity index (χ3n) is 3.58. The number of hydrogen-bond donors (Lipinski definition) is 1. The highest BCUT2D eigenvalue weighted by Crippen LogP contribution is 2.36. The second-order valence-electron chi connectivity index (χ2n) is 4.92. The van der Waals surface area contributed by atoms with E-state index in [2.05, 4.69) is 10.1 Å². The summed E-state index contributed by atoms with van der Waals surface area (Å²) in [4.78, 5) is 25.5. The second kappa shape index (κ2) is 4.97. The van der Waals surface area contributed by atoms with Crippen molar-refractivity contribution < 1.29 is 14.8 Å². The molecule has 0 aliphatic heterocycles. The van der Waals surface area contributed by atoms with Crippen LogP contribution in [0, 0.1) is 10.1 Å². The minimum Gasteiger partial charge on any atom is -0.475 e. The summed E-state index contributed by atoms with van der Waals surface area (Å²) in [6, 6.07) is 5.93. The lowest BCUT2D eigenvalue weighted by atomic mass is 9.85. The maximum Gasteiger partial charge on any atom is 0.375 e.